The maximum atomic E-state index is 5.96. The van der Waals surface area contributed by atoms with E-state index in [1.165, 1.54) is 0 Å². The number of anilines is 2. The van der Waals surface area contributed by atoms with E-state index in [2.05, 4.69) is 6.08 Å². The largest absolute Gasteiger partial charge is 0.399 e. The van der Waals surface area contributed by atoms with Crippen molar-refractivity contribution < 1.29 is 5.41 Å². The van der Waals surface area contributed by atoms with Gasteiger partial charge in [-0.3, -0.25) is 5.41 Å². The van der Waals surface area contributed by atoms with E-state index < -0.39 is 0 Å². The van der Waals surface area contributed by atoms with E-state index in [1.54, 1.807) is 0 Å². The van der Waals surface area contributed by atoms with Crippen LogP contribution >= 0.6 is 12.4 Å². The molecule has 1 aliphatic carbocycles. The minimum absolute atomic E-state index is 0. The smallest absolute Gasteiger partial charge is 0.199 e. The van der Waals surface area contributed by atoms with Crippen LogP contribution in [0.3, 0.4) is 0 Å². The molecule has 0 fully saturated rings. The first-order valence-corrected chi connectivity index (χ1v) is 7.50. The third-order valence-electron chi connectivity index (χ3n) is 3.96. The number of nitrogen functional groups attached to an aromatic ring is 2. The van der Waals surface area contributed by atoms with Gasteiger partial charge < -0.3 is 11.5 Å². The van der Waals surface area contributed by atoms with Gasteiger partial charge in [-0.2, -0.15) is 0 Å². The molecule has 0 aromatic heterocycles. The van der Waals surface area contributed by atoms with Gasteiger partial charge in [0.15, 0.2) is 5.71 Å². The van der Waals surface area contributed by atoms with E-state index in [1.807, 2.05) is 67.6 Å². The third-order valence-corrected chi connectivity index (χ3v) is 3.96. The minimum Gasteiger partial charge on any atom is -0.399 e. The van der Waals surface area contributed by atoms with Crippen molar-refractivity contribution in [3.8, 4) is 0 Å². The van der Waals surface area contributed by atoms with Gasteiger partial charge >= 0.3 is 0 Å². The van der Waals surface area contributed by atoms with Crippen molar-refractivity contribution in [2.75, 3.05) is 11.5 Å². The first-order chi connectivity index (χ1) is 11.0. The van der Waals surface area contributed by atoms with E-state index in [0.29, 0.717) is 0 Å². The zero-order chi connectivity index (χ0) is 16.4. The molecule has 122 valence electrons. The normalized spacial score (nSPS) is 13.3. The summed E-state index contributed by atoms with van der Waals surface area (Å²) in [5.74, 6) is 0. The molecular weight excluding hydrogens is 318 g/mol. The highest BCUT2D eigenvalue weighted by Gasteiger charge is 2.14. The van der Waals surface area contributed by atoms with Crippen LogP contribution in [-0.4, -0.2) is 5.71 Å². The molecule has 0 bridgehead atoms. The summed E-state index contributed by atoms with van der Waals surface area (Å²) in [5.41, 5.74) is 19.5. The molecule has 0 spiro atoms. The molecule has 0 heterocycles. The van der Waals surface area contributed by atoms with Crippen LogP contribution in [0.4, 0.5) is 11.4 Å². The van der Waals surface area contributed by atoms with Crippen LogP contribution in [0.1, 0.15) is 18.1 Å². The highest BCUT2D eigenvalue weighted by molar-refractivity contribution is 6.07. The number of allylic oxidation sites excluding steroid dienone is 5. The molecule has 0 amide bonds. The van der Waals surface area contributed by atoms with Gasteiger partial charge in [0.05, 0.1) is 0 Å². The summed E-state index contributed by atoms with van der Waals surface area (Å²) in [6.07, 6.45) is 6.10. The van der Waals surface area contributed by atoms with E-state index in [4.69, 9.17) is 16.9 Å². The molecule has 0 unspecified atom stereocenters. The Morgan fingerprint density at radius 3 is 1.67 bits per heavy atom. The summed E-state index contributed by atoms with van der Waals surface area (Å²) in [5, 5.41) is 5.96. The zero-order valence-corrected chi connectivity index (χ0v) is 14.3. The summed E-state index contributed by atoms with van der Waals surface area (Å²) < 4.78 is 0. The van der Waals surface area contributed by atoms with Crippen molar-refractivity contribution in [3.63, 3.8) is 0 Å². The summed E-state index contributed by atoms with van der Waals surface area (Å²) in [6, 6.07) is 15.8. The number of nitrogens with two attached hydrogens (primary N) is 3. The maximum absolute atomic E-state index is 5.96. The van der Waals surface area contributed by atoms with Crippen LogP contribution in [0.15, 0.2) is 77.9 Å². The molecular formula is C20H21ClN3+. The van der Waals surface area contributed by atoms with Gasteiger partial charge in [-0.05, 0) is 65.6 Å². The van der Waals surface area contributed by atoms with E-state index in [-0.39, 0.29) is 12.4 Å². The molecule has 0 atom stereocenters. The predicted octanol–water partition coefficient (Wildman–Crippen LogP) is 2.79. The van der Waals surface area contributed by atoms with Gasteiger partial charge in [-0.25, -0.2) is 0 Å². The van der Waals surface area contributed by atoms with Gasteiger partial charge in [0, 0.05) is 23.0 Å². The molecule has 0 saturated carbocycles. The van der Waals surface area contributed by atoms with Gasteiger partial charge in [0.25, 0.3) is 0 Å². The Hall–Kier alpha value is -2.78. The van der Waals surface area contributed by atoms with Crippen LogP contribution in [0.25, 0.3) is 5.57 Å². The van der Waals surface area contributed by atoms with Crippen molar-refractivity contribution in [1.29, 1.82) is 0 Å². The van der Waals surface area contributed by atoms with Crippen LogP contribution in [0, 0.1) is 0 Å². The molecule has 2 aromatic rings. The first-order valence-electron chi connectivity index (χ1n) is 7.50. The second kappa shape index (κ2) is 7.20. The van der Waals surface area contributed by atoms with Crippen molar-refractivity contribution in [2.45, 2.75) is 6.92 Å². The van der Waals surface area contributed by atoms with Crippen LogP contribution in [0.2, 0.25) is 0 Å². The van der Waals surface area contributed by atoms with Crippen molar-refractivity contribution in [3.05, 3.63) is 89.0 Å². The molecule has 0 radical (unpaired) electrons. The zero-order valence-electron chi connectivity index (χ0n) is 13.5. The summed E-state index contributed by atoms with van der Waals surface area (Å²) in [4.78, 5) is 0. The Kier molecular flexibility index (Phi) is 5.27. The van der Waals surface area contributed by atoms with Crippen molar-refractivity contribution in [1.82, 2.24) is 0 Å². The Morgan fingerprint density at radius 1 is 0.792 bits per heavy atom. The average molecular weight is 339 g/mol. The van der Waals surface area contributed by atoms with E-state index in [0.717, 1.165) is 44.9 Å². The number of halogens is 1. The Morgan fingerprint density at radius 2 is 1.25 bits per heavy atom. The van der Waals surface area contributed by atoms with E-state index in [9.17, 15) is 0 Å². The van der Waals surface area contributed by atoms with Gasteiger partial charge in [-0.1, -0.05) is 24.3 Å². The lowest BCUT2D eigenvalue weighted by molar-refractivity contribution is -0.111. The highest BCUT2D eigenvalue weighted by atomic mass is 35.5. The fourth-order valence-electron chi connectivity index (χ4n) is 2.63. The molecule has 6 N–H and O–H groups in total. The lowest BCUT2D eigenvalue weighted by atomic mass is 9.89. The van der Waals surface area contributed by atoms with Crippen LogP contribution in [-0.2, 0) is 0 Å². The number of rotatable bonds is 2. The fraction of sp³-hybridized carbons (Fsp3) is 0.0500. The Bertz CT molecular complexity index is 794. The number of benzene rings is 2. The second-order valence-corrected chi connectivity index (χ2v) is 5.69. The van der Waals surface area contributed by atoms with Crippen LogP contribution < -0.4 is 16.9 Å². The predicted molar refractivity (Wildman–Crippen MR) is 105 cm³/mol. The van der Waals surface area contributed by atoms with E-state index >= 15 is 0 Å². The Labute approximate surface area is 148 Å². The molecule has 1 aliphatic rings. The van der Waals surface area contributed by atoms with Crippen molar-refractivity contribution in [2.24, 2.45) is 0 Å². The molecule has 24 heavy (non-hydrogen) atoms. The topological polar surface area (TPSA) is 77.6 Å². The molecule has 3 rings (SSSR count). The molecule has 0 aliphatic heterocycles. The lowest BCUT2D eigenvalue weighted by Crippen LogP contribution is -2.39. The van der Waals surface area contributed by atoms with Crippen LogP contribution in [0.5, 0.6) is 0 Å². The summed E-state index contributed by atoms with van der Waals surface area (Å²) in [7, 11) is 0. The fourth-order valence-corrected chi connectivity index (χ4v) is 2.63. The monoisotopic (exact) mass is 338 g/mol. The van der Waals surface area contributed by atoms with Gasteiger partial charge in [0.1, 0.15) is 0 Å². The Balaban J connectivity index is 0.00000208. The van der Waals surface area contributed by atoms with Crippen molar-refractivity contribution >= 4 is 35.1 Å². The van der Waals surface area contributed by atoms with Gasteiger partial charge in [-0.15, -0.1) is 12.4 Å². The second-order valence-electron chi connectivity index (χ2n) is 5.69. The maximum Gasteiger partial charge on any atom is 0.199 e. The number of hydrogen-bond acceptors (Lipinski definition) is 2. The minimum atomic E-state index is 0. The first kappa shape index (κ1) is 17.6. The standard InChI is InChI=1S/C20H19N3.ClH/c1-13-12-16(6-11-19(13)23)20(14-2-7-17(21)8-3-14)15-4-9-18(22)10-5-15;/h2-12,23H,21-22H2,1H3;1H/p+1. The quantitative estimate of drug-likeness (QED) is 0.736. The lowest BCUT2D eigenvalue weighted by Gasteiger charge is -2.15. The highest BCUT2D eigenvalue weighted by Crippen LogP contribution is 2.31. The summed E-state index contributed by atoms with van der Waals surface area (Å²) >= 11 is 0. The average Bonchev–Trinajstić information content (AvgIpc) is 2.55. The molecule has 2 aromatic carbocycles. The molecule has 3 nitrogen and oxygen atoms in total. The third kappa shape index (κ3) is 3.58. The SMILES string of the molecule is CC1=CC(=C(c2ccc(N)cc2)c2ccc(N)cc2)C=CC1=[NH2+].Cl. The molecule has 0 saturated heterocycles. The van der Waals surface area contributed by atoms with Gasteiger partial charge in [0.2, 0.25) is 0 Å². The number of hydrogen-bond donors (Lipinski definition) is 3. The molecule has 4 heteroatoms. The summed E-state index contributed by atoms with van der Waals surface area (Å²) in [6.45, 7) is 2.02.